The summed E-state index contributed by atoms with van der Waals surface area (Å²) in [6, 6.07) is 10.8. The molecule has 0 saturated carbocycles. The van der Waals surface area contributed by atoms with Crippen molar-refractivity contribution in [1.82, 2.24) is 4.98 Å². The Kier molecular flexibility index (Phi) is 6.05. The topological polar surface area (TPSA) is 96.3 Å². The summed E-state index contributed by atoms with van der Waals surface area (Å²) in [5.41, 5.74) is 2.69. The van der Waals surface area contributed by atoms with E-state index in [1.165, 1.54) is 20.2 Å². The molecule has 1 aromatic heterocycles. The zero-order valence-electron chi connectivity index (χ0n) is 16.2. The van der Waals surface area contributed by atoms with Crippen LogP contribution < -0.4 is 20.1 Å². The van der Waals surface area contributed by atoms with Gasteiger partial charge in [-0.3, -0.25) is 9.78 Å². The first-order valence-electron chi connectivity index (χ1n) is 8.84. The summed E-state index contributed by atoms with van der Waals surface area (Å²) in [5.74, 6) is 0.823. The minimum Gasteiger partial charge on any atom is -0.495 e. The predicted molar refractivity (Wildman–Crippen MR) is 113 cm³/mol. The van der Waals surface area contributed by atoms with Crippen molar-refractivity contribution in [2.24, 2.45) is 0 Å². The molecule has 7 nitrogen and oxygen atoms in total. The number of pyridine rings is 1. The highest BCUT2D eigenvalue weighted by atomic mass is 35.5. The highest BCUT2D eigenvalue weighted by Gasteiger charge is 2.15. The summed E-state index contributed by atoms with van der Waals surface area (Å²) in [4.78, 5) is 16.0. The van der Waals surface area contributed by atoms with Crippen molar-refractivity contribution in [3.63, 3.8) is 0 Å². The van der Waals surface area contributed by atoms with Crippen LogP contribution in [0.5, 0.6) is 11.5 Å². The van der Waals surface area contributed by atoms with E-state index in [1.54, 1.807) is 30.3 Å². The van der Waals surface area contributed by atoms with Crippen molar-refractivity contribution in [3.8, 4) is 17.6 Å². The number of hydrogen-bond acceptors (Lipinski definition) is 6. The average molecular weight is 411 g/mol. The fourth-order valence-electron chi connectivity index (χ4n) is 2.89. The van der Waals surface area contributed by atoms with Gasteiger partial charge in [0.05, 0.1) is 41.2 Å². The minimum absolute atomic E-state index is 0.230. The number of aromatic nitrogens is 1. The molecule has 0 unspecified atom stereocenters. The molecule has 0 spiro atoms. The number of hydrogen-bond donors (Lipinski definition) is 2. The molecule has 2 aromatic carbocycles. The van der Waals surface area contributed by atoms with Gasteiger partial charge >= 0.3 is 0 Å². The van der Waals surface area contributed by atoms with Crippen molar-refractivity contribution in [1.29, 1.82) is 5.26 Å². The zero-order valence-corrected chi connectivity index (χ0v) is 16.9. The molecule has 3 rings (SSSR count). The Balaban J connectivity index is 2.17. The summed E-state index contributed by atoms with van der Waals surface area (Å²) >= 11 is 6.22. The lowest BCUT2D eigenvalue weighted by atomic mass is 10.1. The Morgan fingerprint density at radius 1 is 1.28 bits per heavy atom. The van der Waals surface area contributed by atoms with Gasteiger partial charge < -0.3 is 20.1 Å². The number of amides is 1. The van der Waals surface area contributed by atoms with E-state index in [2.05, 4.69) is 21.7 Å². The van der Waals surface area contributed by atoms with Crippen LogP contribution >= 0.6 is 11.6 Å². The molecule has 8 heteroatoms. The number of carbonyl (C=O) groups excluding carboxylic acids is 1. The molecular formula is C21H19ClN4O3. The van der Waals surface area contributed by atoms with Crippen LogP contribution in [0.3, 0.4) is 0 Å². The van der Waals surface area contributed by atoms with Gasteiger partial charge in [-0.1, -0.05) is 11.6 Å². The molecule has 3 aromatic rings. The van der Waals surface area contributed by atoms with Crippen molar-refractivity contribution >= 4 is 45.5 Å². The van der Waals surface area contributed by atoms with Crippen molar-refractivity contribution < 1.29 is 14.3 Å². The molecule has 1 amide bonds. The average Bonchev–Trinajstić information content (AvgIpc) is 2.69. The van der Waals surface area contributed by atoms with Crippen molar-refractivity contribution in [2.45, 2.75) is 13.8 Å². The van der Waals surface area contributed by atoms with E-state index in [4.69, 9.17) is 21.1 Å². The lowest BCUT2D eigenvalue weighted by Crippen LogP contribution is -2.08. The second-order valence-electron chi connectivity index (χ2n) is 6.11. The number of ether oxygens (including phenoxy) is 2. The third kappa shape index (κ3) is 4.33. The lowest BCUT2D eigenvalue weighted by Gasteiger charge is -2.16. The van der Waals surface area contributed by atoms with Crippen LogP contribution in [-0.4, -0.2) is 24.6 Å². The number of methoxy groups -OCH3 is 1. The van der Waals surface area contributed by atoms with Gasteiger partial charge in [-0.15, -0.1) is 0 Å². The first kappa shape index (κ1) is 20.2. The van der Waals surface area contributed by atoms with Gasteiger partial charge in [0, 0.05) is 30.3 Å². The highest BCUT2D eigenvalue weighted by Crippen LogP contribution is 2.37. The summed E-state index contributed by atoms with van der Waals surface area (Å²) in [7, 11) is 1.54. The molecule has 0 fully saturated rings. The third-order valence-electron chi connectivity index (χ3n) is 4.12. The Morgan fingerprint density at radius 2 is 2.07 bits per heavy atom. The lowest BCUT2D eigenvalue weighted by molar-refractivity contribution is -0.114. The Bertz CT molecular complexity index is 1130. The minimum atomic E-state index is -0.230. The second-order valence-corrected chi connectivity index (χ2v) is 6.52. The van der Waals surface area contributed by atoms with Gasteiger partial charge in [-0.05, 0) is 31.2 Å². The number of benzene rings is 2. The summed E-state index contributed by atoms with van der Waals surface area (Å²) < 4.78 is 10.8. The van der Waals surface area contributed by atoms with Gasteiger partial charge in [-0.2, -0.15) is 5.26 Å². The zero-order chi connectivity index (χ0) is 21.0. The molecule has 29 heavy (non-hydrogen) atoms. The highest BCUT2D eigenvalue weighted by molar-refractivity contribution is 6.32. The fraction of sp³-hybridized carbons (Fsp3) is 0.190. The van der Waals surface area contributed by atoms with Gasteiger partial charge in [0.25, 0.3) is 0 Å². The summed E-state index contributed by atoms with van der Waals surface area (Å²) in [5, 5.41) is 16.7. The molecule has 0 radical (unpaired) electrons. The monoisotopic (exact) mass is 410 g/mol. The standard InChI is InChI=1S/C21H19ClN4O3/c1-4-29-20-9-17-15(8-18(20)25-12(2)27)21(13(10-23)11-24-17)26-14-5-6-19(28-3)16(22)7-14/h5-9,11H,4H2,1-3H3,(H,24,26)(H,25,27). The van der Waals surface area contributed by atoms with Crippen molar-refractivity contribution in [3.05, 3.63) is 47.1 Å². The number of rotatable bonds is 6. The van der Waals surface area contributed by atoms with E-state index in [0.29, 0.717) is 56.7 Å². The predicted octanol–water partition coefficient (Wildman–Crippen LogP) is 4.87. The number of anilines is 3. The fourth-order valence-corrected chi connectivity index (χ4v) is 3.15. The third-order valence-corrected chi connectivity index (χ3v) is 4.42. The summed E-state index contributed by atoms with van der Waals surface area (Å²) in [6.07, 6.45) is 1.49. The number of fused-ring (bicyclic) bond motifs is 1. The maximum absolute atomic E-state index is 11.6. The number of nitrogens with one attached hydrogen (secondary N) is 2. The number of halogens is 1. The summed E-state index contributed by atoms with van der Waals surface area (Å²) in [6.45, 7) is 3.71. The Hall–Kier alpha value is -3.50. The van der Waals surface area contributed by atoms with E-state index >= 15 is 0 Å². The van der Waals surface area contributed by atoms with Crippen LogP contribution in [0.1, 0.15) is 19.4 Å². The van der Waals surface area contributed by atoms with Gasteiger partial charge in [-0.25, -0.2) is 0 Å². The van der Waals surface area contributed by atoms with Crippen LogP contribution in [0.15, 0.2) is 36.5 Å². The maximum atomic E-state index is 11.6. The number of nitriles is 1. The molecule has 0 bridgehead atoms. The molecule has 2 N–H and O–H groups in total. The van der Waals surface area contributed by atoms with Gasteiger partial charge in [0.2, 0.25) is 5.91 Å². The second kappa shape index (κ2) is 8.67. The van der Waals surface area contributed by atoms with E-state index in [9.17, 15) is 10.1 Å². The molecule has 1 heterocycles. The van der Waals surface area contributed by atoms with Crippen LogP contribution in [0.25, 0.3) is 10.9 Å². The number of carbonyl (C=O) groups is 1. The van der Waals surface area contributed by atoms with Gasteiger partial charge in [0.15, 0.2) is 0 Å². The molecule has 0 atom stereocenters. The number of nitrogens with zero attached hydrogens (tertiary/aromatic N) is 2. The van der Waals surface area contributed by atoms with Crippen LogP contribution in [0.4, 0.5) is 17.1 Å². The normalized spacial score (nSPS) is 10.3. The van der Waals surface area contributed by atoms with E-state index in [-0.39, 0.29) is 5.91 Å². The molecule has 0 saturated heterocycles. The maximum Gasteiger partial charge on any atom is 0.221 e. The first-order chi connectivity index (χ1) is 14.0. The Labute approximate surface area is 173 Å². The quantitative estimate of drug-likeness (QED) is 0.601. The molecule has 0 aliphatic rings. The molecule has 0 aliphatic carbocycles. The van der Waals surface area contributed by atoms with Crippen molar-refractivity contribution in [2.75, 3.05) is 24.4 Å². The SMILES string of the molecule is CCOc1cc2ncc(C#N)c(Nc3ccc(OC)c(Cl)c3)c2cc1NC(C)=O. The Morgan fingerprint density at radius 3 is 2.69 bits per heavy atom. The smallest absolute Gasteiger partial charge is 0.221 e. The molecule has 148 valence electrons. The molecular weight excluding hydrogens is 392 g/mol. The van der Waals surface area contributed by atoms with E-state index < -0.39 is 0 Å². The first-order valence-corrected chi connectivity index (χ1v) is 9.22. The largest absolute Gasteiger partial charge is 0.495 e. The van der Waals surface area contributed by atoms with Crippen LogP contribution in [0, 0.1) is 11.3 Å². The van der Waals surface area contributed by atoms with E-state index in [0.717, 1.165) is 0 Å². The van der Waals surface area contributed by atoms with Crippen LogP contribution in [0.2, 0.25) is 5.02 Å². The van der Waals surface area contributed by atoms with E-state index in [1.807, 2.05) is 6.92 Å². The van der Waals surface area contributed by atoms with Crippen LogP contribution in [-0.2, 0) is 4.79 Å². The van der Waals surface area contributed by atoms with Gasteiger partial charge in [0.1, 0.15) is 17.6 Å². The molecule has 0 aliphatic heterocycles.